The van der Waals surface area contributed by atoms with Crippen LogP contribution >= 0.6 is 0 Å². The molecule has 0 unspecified atom stereocenters. The summed E-state index contributed by atoms with van der Waals surface area (Å²) in [6.45, 7) is 4.80. The number of halogens is 1. The Morgan fingerprint density at radius 1 is 1.00 bits per heavy atom. The van der Waals surface area contributed by atoms with Crippen LogP contribution in [0.1, 0.15) is 28.7 Å². The maximum Gasteiger partial charge on any atom is 0.303 e. The van der Waals surface area contributed by atoms with Crippen LogP contribution in [0.2, 0.25) is 0 Å². The lowest BCUT2D eigenvalue weighted by molar-refractivity contribution is -0.136. The van der Waals surface area contributed by atoms with Crippen LogP contribution in [0.4, 0.5) is 10.1 Å². The van der Waals surface area contributed by atoms with Crippen molar-refractivity contribution < 1.29 is 14.3 Å². The standard InChI is InChI=1S/C24H24FNO2/c1-16-5-3-6-17(2)24(16)20-8-4-7-18(13-20)15-26-21-11-9-19(22(25)14-21)10-12-23(27)28/h3-9,11,13-14,26H,10,12,15H2,1-2H3,(H,27,28). The van der Waals surface area contributed by atoms with Gasteiger partial charge in [0.15, 0.2) is 0 Å². The quantitative estimate of drug-likeness (QED) is 0.552. The fourth-order valence-electron chi connectivity index (χ4n) is 3.41. The van der Waals surface area contributed by atoms with Gasteiger partial charge in [-0.1, -0.05) is 42.5 Å². The van der Waals surface area contributed by atoms with Gasteiger partial charge in [0.1, 0.15) is 5.82 Å². The van der Waals surface area contributed by atoms with Gasteiger partial charge in [0.25, 0.3) is 0 Å². The molecular formula is C24H24FNO2. The average Bonchev–Trinajstić information content (AvgIpc) is 2.66. The number of benzene rings is 3. The van der Waals surface area contributed by atoms with Gasteiger partial charge in [-0.15, -0.1) is 0 Å². The molecule has 0 aliphatic heterocycles. The minimum Gasteiger partial charge on any atom is -0.481 e. The summed E-state index contributed by atoms with van der Waals surface area (Å²) in [5, 5.41) is 12.0. The molecule has 2 N–H and O–H groups in total. The first-order valence-electron chi connectivity index (χ1n) is 9.33. The second kappa shape index (κ2) is 8.70. The monoisotopic (exact) mass is 377 g/mol. The predicted octanol–water partition coefficient (Wildman–Crippen LogP) is 5.74. The number of carboxylic acids is 1. The summed E-state index contributed by atoms with van der Waals surface area (Å²) in [5.74, 6) is -1.30. The van der Waals surface area contributed by atoms with Gasteiger partial charge in [0, 0.05) is 18.7 Å². The van der Waals surface area contributed by atoms with Crippen LogP contribution in [-0.2, 0) is 17.8 Å². The fraction of sp³-hybridized carbons (Fsp3) is 0.208. The Balaban J connectivity index is 1.72. The molecule has 0 heterocycles. The number of carboxylic acid groups (broad SMARTS) is 1. The number of aryl methyl sites for hydroxylation is 3. The van der Waals surface area contributed by atoms with E-state index in [4.69, 9.17) is 5.11 Å². The fourth-order valence-corrected chi connectivity index (χ4v) is 3.41. The van der Waals surface area contributed by atoms with Crippen LogP contribution in [-0.4, -0.2) is 11.1 Å². The van der Waals surface area contributed by atoms with E-state index in [1.165, 1.54) is 28.3 Å². The Labute approximate surface area is 164 Å². The van der Waals surface area contributed by atoms with Crippen LogP contribution in [0.25, 0.3) is 11.1 Å². The smallest absolute Gasteiger partial charge is 0.303 e. The van der Waals surface area contributed by atoms with Gasteiger partial charge in [0.05, 0.1) is 0 Å². The molecule has 0 fully saturated rings. The van der Waals surface area contributed by atoms with Crippen molar-refractivity contribution >= 4 is 11.7 Å². The van der Waals surface area contributed by atoms with Crippen LogP contribution in [0.5, 0.6) is 0 Å². The molecule has 144 valence electrons. The van der Waals surface area contributed by atoms with E-state index in [-0.39, 0.29) is 18.7 Å². The number of nitrogens with one attached hydrogen (secondary N) is 1. The molecule has 0 aromatic heterocycles. The zero-order valence-corrected chi connectivity index (χ0v) is 16.1. The number of anilines is 1. The molecule has 4 heteroatoms. The largest absolute Gasteiger partial charge is 0.481 e. The average molecular weight is 377 g/mol. The van der Waals surface area contributed by atoms with E-state index in [0.717, 1.165) is 5.56 Å². The Morgan fingerprint density at radius 2 is 1.71 bits per heavy atom. The summed E-state index contributed by atoms with van der Waals surface area (Å²) in [7, 11) is 0. The molecule has 0 bridgehead atoms. The Bertz CT molecular complexity index is 977. The maximum absolute atomic E-state index is 14.2. The molecule has 3 aromatic rings. The first-order chi connectivity index (χ1) is 13.4. The van der Waals surface area contributed by atoms with Crippen LogP contribution in [0.3, 0.4) is 0 Å². The third-order valence-corrected chi connectivity index (χ3v) is 4.85. The van der Waals surface area contributed by atoms with Gasteiger partial charge >= 0.3 is 5.97 Å². The van der Waals surface area contributed by atoms with Gasteiger partial charge in [-0.3, -0.25) is 4.79 Å². The van der Waals surface area contributed by atoms with Crippen LogP contribution in [0.15, 0.2) is 60.7 Å². The number of aliphatic carboxylic acids is 1. The first-order valence-corrected chi connectivity index (χ1v) is 9.33. The highest BCUT2D eigenvalue weighted by molar-refractivity contribution is 5.71. The number of hydrogen-bond donors (Lipinski definition) is 2. The van der Waals surface area contributed by atoms with Crippen LogP contribution in [0, 0.1) is 19.7 Å². The van der Waals surface area contributed by atoms with Gasteiger partial charge in [-0.25, -0.2) is 4.39 Å². The van der Waals surface area contributed by atoms with Crippen molar-refractivity contribution in [3.63, 3.8) is 0 Å². The minimum atomic E-state index is -0.926. The predicted molar refractivity (Wildman–Crippen MR) is 111 cm³/mol. The Morgan fingerprint density at radius 3 is 2.39 bits per heavy atom. The molecule has 3 rings (SSSR count). The summed E-state index contributed by atoms with van der Waals surface area (Å²) in [6, 6.07) is 19.5. The van der Waals surface area contributed by atoms with Gasteiger partial charge in [-0.05, 0) is 71.8 Å². The Kier molecular flexibility index (Phi) is 6.09. The molecule has 0 saturated heterocycles. The van der Waals surface area contributed by atoms with Crippen molar-refractivity contribution in [1.29, 1.82) is 0 Å². The SMILES string of the molecule is Cc1cccc(C)c1-c1cccc(CNc2ccc(CCC(=O)O)c(F)c2)c1. The topological polar surface area (TPSA) is 49.3 Å². The second-order valence-electron chi connectivity index (χ2n) is 7.02. The second-order valence-corrected chi connectivity index (χ2v) is 7.02. The lowest BCUT2D eigenvalue weighted by Gasteiger charge is -2.13. The van der Waals surface area contributed by atoms with Crippen molar-refractivity contribution in [3.05, 3.63) is 88.7 Å². The van der Waals surface area contributed by atoms with E-state index in [9.17, 15) is 9.18 Å². The zero-order chi connectivity index (χ0) is 20.1. The third kappa shape index (κ3) is 4.77. The summed E-state index contributed by atoms with van der Waals surface area (Å²) < 4.78 is 14.2. The molecule has 0 radical (unpaired) electrons. The maximum atomic E-state index is 14.2. The molecule has 0 aliphatic carbocycles. The molecule has 0 spiro atoms. The Hall–Kier alpha value is -3.14. The van der Waals surface area contributed by atoms with Crippen molar-refractivity contribution in [3.8, 4) is 11.1 Å². The highest BCUT2D eigenvalue weighted by Crippen LogP contribution is 2.28. The van der Waals surface area contributed by atoms with Crippen molar-refractivity contribution in [2.24, 2.45) is 0 Å². The first kappa shape index (κ1) is 19.6. The van der Waals surface area contributed by atoms with E-state index < -0.39 is 5.97 Å². The molecule has 28 heavy (non-hydrogen) atoms. The molecule has 0 amide bonds. The van der Waals surface area contributed by atoms with E-state index >= 15 is 0 Å². The molecule has 0 atom stereocenters. The van der Waals surface area contributed by atoms with Crippen molar-refractivity contribution in [1.82, 2.24) is 0 Å². The summed E-state index contributed by atoms with van der Waals surface area (Å²) >= 11 is 0. The normalized spacial score (nSPS) is 10.7. The van der Waals surface area contributed by atoms with Gasteiger partial charge in [-0.2, -0.15) is 0 Å². The molecule has 3 nitrogen and oxygen atoms in total. The van der Waals surface area contributed by atoms with E-state index in [1.807, 2.05) is 12.1 Å². The molecule has 3 aromatic carbocycles. The lowest BCUT2D eigenvalue weighted by Crippen LogP contribution is -2.03. The van der Waals surface area contributed by atoms with Gasteiger partial charge in [0.2, 0.25) is 0 Å². The molecule has 0 aliphatic rings. The summed E-state index contributed by atoms with van der Waals surface area (Å²) in [5.41, 5.74) is 7.10. The number of carbonyl (C=O) groups is 1. The lowest BCUT2D eigenvalue weighted by atomic mass is 9.95. The van der Waals surface area contributed by atoms with Crippen molar-refractivity contribution in [2.45, 2.75) is 33.2 Å². The molecule has 0 saturated carbocycles. The van der Waals surface area contributed by atoms with Crippen LogP contribution < -0.4 is 5.32 Å². The zero-order valence-electron chi connectivity index (χ0n) is 16.1. The van der Waals surface area contributed by atoms with Gasteiger partial charge < -0.3 is 10.4 Å². The highest BCUT2D eigenvalue weighted by Gasteiger charge is 2.08. The van der Waals surface area contributed by atoms with E-state index in [2.05, 4.69) is 49.5 Å². The highest BCUT2D eigenvalue weighted by atomic mass is 19.1. The number of rotatable bonds is 7. The van der Waals surface area contributed by atoms with Crippen molar-refractivity contribution in [2.75, 3.05) is 5.32 Å². The summed E-state index contributed by atoms with van der Waals surface area (Å²) in [6.07, 6.45) is 0.119. The third-order valence-electron chi connectivity index (χ3n) is 4.85. The minimum absolute atomic E-state index is 0.0746. The summed E-state index contributed by atoms with van der Waals surface area (Å²) in [4.78, 5) is 10.6. The van der Waals surface area contributed by atoms with E-state index in [0.29, 0.717) is 17.8 Å². The van der Waals surface area contributed by atoms with E-state index in [1.54, 1.807) is 12.1 Å². The number of hydrogen-bond acceptors (Lipinski definition) is 2. The molecular weight excluding hydrogens is 353 g/mol.